The second-order valence-corrected chi connectivity index (χ2v) is 7.95. The van der Waals surface area contributed by atoms with Crippen molar-refractivity contribution in [3.63, 3.8) is 0 Å². The lowest BCUT2D eigenvalue weighted by atomic mass is 9.75. The smallest absolute Gasteiger partial charge is 0.475 e. The van der Waals surface area contributed by atoms with Crippen molar-refractivity contribution >= 4 is 17.7 Å². The summed E-state index contributed by atoms with van der Waals surface area (Å²) in [5, 5.41) is 9.93. The Kier molecular flexibility index (Phi) is 7.32. The highest BCUT2D eigenvalue weighted by Gasteiger charge is 2.60. The summed E-state index contributed by atoms with van der Waals surface area (Å²) in [6.45, 7) is 4.73. The Hall–Kier alpha value is -2.66. The van der Waals surface area contributed by atoms with E-state index in [0.29, 0.717) is 13.0 Å². The fourth-order valence-corrected chi connectivity index (χ4v) is 3.67. The first-order chi connectivity index (χ1) is 14.3. The number of carboxylic acid groups (broad SMARTS) is 1. The maximum Gasteiger partial charge on any atom is 0.490 e. The number of piperidine rings is 1. The van der Waals surface area contributed by atoms with Crippen molar-refractivity contribution in [3.05, 3.63) is 24.5 Å². The number of halogens is 5. The van der Waals surface area contributed by atoms with Gasteiger partial charge in [-0.25, -0.2) is 18.4 Å². The van der Waals surface area contributed by atoms with Gasteiger partial charge in [0.15, 0.2) is 0 Å². The van der Waals surface area contributed by atoms with E-state index in [0.717, 1.165) is 5.69 Å². The molecule has 0 saturated carbocycles. The van der Waals surface area contributed by atoms with Crippen molar-refractivity contribution in [2.45, 2.75) is 44.8 Å². The summed E-state index contributed by atoms with van der Waals surface area (Å²) in [5.74, 6) is -5.52. The molecule has 1 spiro atoms. The number of nitrogens with one attached hydrogen (secondary N) is 1. The number of carbonyl (C=O) groups excluding carboxylic acids is 1. The van der Waals surface area contributed by atoms with E-state index in [1.54, 1.807) is 17.3 Å². The van der Waals surface area contributed by atoms with Crippen LogP contribution in [-0.4, -0.2) is 71.3 Å². The molecule has 3 rings (SSSR count). The van der Waals surface area contributed by atoms with Crippen LogP contribution in [0.1, 0.15) is 26.7 Å². The molecule has 2 aliphatic rings. The molecule has 1 unspecified atom stereocenters. The summed E-state index contributed by atoms with van der Waals surface area (Å²) < 4.78 is 61.2. The molecule has 3 heterocycles. The molecule has 2 saturated heterocycles. The van der Waals surface area contributed by atoms with Gasteiger partial charge in [-0.2, -0.15) is 13.2 Å². The molecule has 0 aromatic carbocycles. The van der Waals surface area contributed by atoms with Crippen LogP contribution < -0.4 is 10.2 Å². The first-order valence-electron chi connectivity index (χ1n) is 9.66. The number of hydrogen-bond acceptors (Lipinski definition) is 4. The van der Waals surface area contributed by atoms with Gasteiger partial charge in [0.05, 0.1) is 17.3 Å². The van der Waals surface area contributed by atoms with E-state index in [1.165, 1.54) is 0 Å². The Morgan fingerprint density at radius 2 is 1.84 bits per heavy atom. The molecule has 174 valence electrons. The third kappa shape index (κ3) is 5.95. The van der Waals surface area contributed by atoms with Crippen LogP contribution in [0, 0.1) is 5.41 Å². The topological polar surface area (TPSA) is 85.8 Å². The number of likely N-dealkylation sites (tertiary alicyclic amines) is 1. The highest BCUT2D eigenvalue weighted by molar-refractivity contribution is 5.74. The van der Waals surface area contributed by atoms with Crippen LogP contribution in [0.25, 0.3) is 0 Å². The van der Waals surface area contributed by atoms with Gasteiger partial charge in [-0.15, -0.1) is 0 Å². The van der Waals surface area contributed by atoms with Crippen molar-refractivity contribution < 1.29 is 36.6 Å². The summed E-state index contributed by atoms with van der Waals surface area (Å²) in [5.41, 5.74) is -0.330. The quantitative estimate of drug-likeness (QED) is 0.673. The van der Waals surface area contributed by atoms with Crippen molar-refractivity contribution in [1.29, 1.82) is 0 Å². The zero-order chi connectivity index (χ0) is 23.4. The zero-order valence-electron chi connectivity index (χ0n) is 17.1. The second kappa shape index (κ2) is 9.23. The van der Waals surface area contributed by atoms with E-state index < -0.39 is 23.5 Å². The van der Waals surface area contributed by atoms with Crippen molar-refractivity contribution in [1.82, 2.24) is 15.2 Å². The minimum Gasteiger partial charge on any atom is -0.475 e. The lowest BCUT2D eigenvalue weighted by Crippen LogP contribution is -2.60. The Bertz CT molecular complexity index is 776. The van der Waals surface area contributed by atoms with Gasteiger partial charge < -0.3 is 20.2 Å². The molecule has 31 heavy (non-hydrogen) atoms. The monoisotopic (exact) mass is 452 g/mol. The molecule has 2 N–H and O–H groups in total. The predicted molar refractivity (Wildman–Crippen MR) is 102 cm³/mol. The fourth-order valence-electron chi connectivity index (χ4n) is 3.67. The maximum atomic E-state index is 14.8. The van der Waals surface area contributed by atoms with Gasteiger partial charge in [0.1, 0.15) is 0 Å². The highest BCUT2D eigenvalue weighted by Crippen LogP contribution is 2.50. The number of rotatable bonds is 2. The number of hydrogen-bond donors (Lipinski definition) is 2. The number of carboxylic acids is 1. The Morgan fingerprint density at radius 3 is 2.35 bits per heavy atom. The van der Waals surface area contributed by atoms with Gasteiger partial charge in [0.25, 0.3) is 5.92 Å². The van der Waals surface area contributed by atoms with Crippen molar-refractivity contribution in [3.8, 4) is 0 Å². The third-order valence-corrected chi connectivity index (χ3v) is 5.27. The molecule has 0 bridgehead atoms. The van der Waals surface area contributed by atoms with Gasteiger partial charge in [-0.1, -0.05) is 0 Å². The van der Waals surface area contributed by atoms with Gasteiger partial charge in [0, 0.05) is 44.8 Å². The van der Waals surface area contributed by atoms with Crippen LogP contribution in [0.15, 0.2) is 24.5 Å². The Morgan fingerprint density at radius 1 is 1.19 bits per heavy atom. The molecule has 7 nitrogen and oxygen atoms in total. The number of pyridine rings is 1. The number of aliphatic carboxylic acids is 1. The number of amides is 2. The molecule has 12 heteroatoms. The molecule has 0 radical (unpaired) electrons. The van der Waals surface area contributed by atoms with Crippen LogP contribution in [-0.2, 0) is 4.79 Å². The van der Waals surface area contributed by atoms with Gasteiger partial charge in [0.2, 0.25) is 0 Å². The van der Waals surface area contributed by atoms with E-state index in [9.17, 15) is 26.7 Å². The summed E-state index contributed by atoms with van der Waals surface area (Å²) in [7, 11) is 0. The molecule has 1 atom stereocenters. The molecular weight excluding hydrogens is 427 g/mol. The first kappa shape index (κ1) is 24.6. The van der Waals surface area contributed by atoms with E-state index in [4.69, 9.17) is 9.90 Å². The number of carbonyl (C=O) groups is 2. The Labute approximate surface area is 176 Å². The third-order valence-electron chi connectivity index (χ3n) is 5.27. The molecular formula is C19H25F5N4O3. The van der Waals surface area contributed by atoms with Crippen LogP contribution in [0.2, 0.25) is 0 Å². The molecule has 2 aliphatic heterocycles. The minimum absolute atomic E-state index is 0.00800. The SMILES string of the molecule is CC(C)NC(=O)N1CCC(F)(F)C2(CCN(c3cccnc3)C2)C1.O=C(O)C(F)(F)F. The van der Waals surface area contributed by atoms with E-state index >= 15 is 0 Å². The number of nitrogens with zero attached hydrogens (tertiary/aromatic N) is 3. The number of anilines is 1. The van der Waals surface area contributed by atoms with Crippen LogP contribution in [0.5, 0.6) is 0 Å². The highest BCUT2D eigenvalue weighted by atomic mass is 19.4. The summed E-state index contributed by atoms with van der Waals surface area (Å²) >= 11 is 0. The van der Waals surface area contributed by atoms with E-state index in [-0.39, 0.29) is 38.1 Å². The standard InChI is InChI=1S/C17H24F2N4O.C2HF3O2/c1-13(2)21-15(24)23-9-6-17(18,19)16(12-23)5-8-22(11-16)14-4-3-7-20-10-14;3-2(4,5)1(6)7/h3-4,7,10,13H,5-6,8-9,11-12H2,1-2H3,(H,21,24);(H,6,7). The molecule has 2 amide bonds. The number of aromatic nitrogens is 1. The maximum absolute atomic E-state index is 14.8. The van der Waals surface area contributed by atoms with E-state index in [1.807, 2.05) is 30.9 Å². The van der Waals surface area contributed by atoms with E-state index in [2.05, 4.69) is 10.3 Å². The van der Waals surface area contributed by atoms with Crippen molar-refractivity contribution in [2.24, 2.45) is 5.41 Å². The van der Waals surface area contributed by atoms with Crippen LogP contribution >= 0.6 is 0 Å². The second-order valence-electron chi connectivity index (χ2n) is 7.95. The molecule has 0 aliphatic carbocycles. The minimum atomic E-state index is -5.08. The summed E-state index contributed by atoms with van der Waals surface area (Å²) in [6, 6.07) is 3.43. The number of urea groups is 1. The first-order valence-corrected chi connectivity index (χ1v) is 9.66. The molecule has 2 fully saturated rings. The largest absolute Gasteiger partial charge is 0.490 e. The fraction of sp³-hybridized carbons (Fsp3) is 0.632. The van der Waals surface area contributed by atoms with Gasteiger partial charge in [-0.05, 0) is 32.4 Å². The van der Waals surface area contributed by atoms with Crippen molar-refractivity contribution in [2.75, 3.05) is 31.1 Å². The number of alkyl halides is 5. The zero-order valence-corrected chi connectivity index (χ0v) is 17.1. The predicted octanol–water partition coefficient (Wildman–Crippen LogP) is 3.37. The van der Waals surface area contributed by atoms with Gasteiger partial charge >= 0.3 is 18.2 Å². The van der Waals surface area contributed by atoms with Crippen LogP contribution in [0.3, 0.4) is 0 Å². The van der Waals surface area contributed by atoms with Gasteiger partial charge in [-0.3, -0.25) is 4.98 Å². The molecule has 1 aromatic rings. The normalized spacial score (nSPS) is 22.8. The summed E-state index contributed by atoms with van der Waals surface area (Å²) in [6.07, 6.45) is -1.62. The summed E-state index contributed by atoms with van der Waals surface area (Å²) in [4.78, 5) is 28.7. The van der Waals surface area contributed by atoms with Crippen LogP contribution in [0.4, 0.5) is 32.4 Å². The lowest BCUT2D eigenvalue weighted by molar-refractivity contribution is -0.192. The average molecular weight is 452 g/mol. The average Bonchev–Trinajstić information content (AvgIpc) is 3.10. The lowest BCUT2D eigenvalue weighted by Gasteiger charge is -2.46. The Balaban J connectivity index is 0.000000423. The molecule has 1 aromatic heterocycles.